The standard InChI is InChI=1S/C12H17NO3/c1-4-9(2)8-16-11-5-6-13-7-10(11)12(14)15-3/h5-7,9H,4,8H2,1-3H3. The van der Waals surface area contributed by atoms with Crippen molar-refractivity contribution in [1.29, 1.82) is 0 Å². The van der Waals surface area contributed by atoms with Crippen LogP contribution in [0.15, 0.2) is 18.5 Å². The number of carbonyl (C=O) groups is 1. The van der Waals surface area contributed by atoms with Gasteiger partial charge in [0, 0.05) is 12.4 Å². The van der Waals surface area contributed by atoms with E-state index >= 15 is 0 Å². The van der Waals surface area contributed by atoms with Crippen LogP contribution in [0.2, 0.25) is 0 Å². The number of hydrogen-bond acceptors (Lipinski definition) is 4. The second kappa shape index (κ2) is 6.10. The minimum absolute atomic E-state index is 0.369. The Bertz CT molecular complexity index is 352. The number of ether oxygens (including phenoxy) is 2. The number of methoxy groups -OCH3 is 1. The molecule has 0 amide bonds. The highest BCUT2D eigenvalue weighted by atomic mass is 16.5. The van der Waals surface area contributed by atoms with E-state index in [2.05, 4.69) is 23.6 Å². The fraction of sp³-hybridized carbons (Fsp3) is 0.500. The molecule has 1 aromatic heterocycles. The zero-order valence-electron chi connectivity index (χ0n) is 9.90. The molecule has 0 saturated carbocycles. The molecule has 0 bridgehead atoms. The summed E-state index contributed by atoms with van der Waals surface area (Å²) >= 11 is 0. The minimum Gasteiger partial charge on any atom is -0.492 e. The molecule has 0 saturated heterocycles. The Morgan fingerprint density at radius 2 is 2.31 bits per heavy atom. The van der Waals surface area contributed by atoms with Crippen LogP contribution in [0, 0.1) is 5.92 Å². The summed E-state index contributed by atoms with van der Waals surface area (Å²) in [6, 6.07) is 1.68. The fourth-order valence-corrected chi connectivity index (χ4v) is 1.12. The highest BCUT2D eigenvalue weighted by Crippen LogP contribution is 2.18. The Balaban J connectivity index is 2.75. The van der Waals surface area contributed by atoms with Gasteiger partial charge in [-0.2, -0.15) is 0 Å². The normalized spacial score (nSPS) is 11.9. The van der Waals surface area contributed by atoms with Crippen LogP contribution in [0.1, 0.15) is 30.6 Å². The first-order valence-electron chi connectivity index (χ1n) is 5.34. The van der Waals surface area contributed by atoms with Crippen molar-refractivity contribution < 1.29 is 14.3 Å². The molecule has 1 aromatic rings. The van der Waals surface area contributed by atoms with Crippen LogP contribution in [0.4, 0.5) is 0 Å². The molecule has 0 aliphatic rings. The Labute approximate surface area is 95.6 Å². The Kier molecular flexibility index (Phi) is 4.76. The minimum atomic E-state index is -0.424. The van der Waals surface area contributed by atoms with Crippen molar-refractivity contribution in [2.24, 2.45) is 5.92 Å². The number of nitrogens with zero attached hydrogens (tertiary/aromatic N) is 1. The van der Waals surface area contributed by atoms with Gasteiger partial charge >= 0.3 is 5.97 Å². The van der Waals surface area contributed by atoms with Gasteiger partial charge in [0.2, 0.25) is 0 Å². The van der Waals surface area contributed by atoms with Gasteiger partial charge in [0.05, 0.1) is 13.7 Å². The maximum atomic E-state index is 11.4. The van der Waals surface area contributed by atoms with E-state index in [9.17, 15) is 4.79 Å². The van der Waals surface area contributed by atoms with Crippen LogP contribution >= 0.6 is 0 Å². The van der Waals surface area contributed by atoms with E-state index in [4.69, 9.17) is 4.74 Å². The second-order valence-corrected chi connectivity index (χ2v) is 3.69. The molecule has 16 heavy (non-hydrogen) atoms. The average Bonchev–Trinajstić information content (AvgIpc) is 2.35. The smallest absolute Gasteiger partial charge is 0.343 e. The molecule has 1 atom stereocenters. The molecule has 88 valence electrons. The van der Waals surface area contributed by atoms with Crippen LogP contribution < -0.4 is 4.74 Å². The van der Waals surface area contributed by atoms with Crippen LogP contribution in [0.25, 0.3) is 0 Å². The maximum absolute atomic E-state index is 11.4. The topological polar surface area (TPSA) is 48.4 Å². The van der Waals surface area contributed by atoms with Crippen molar-refractivity contribution in [3.05, 3.63) is 24.0 Å². The molecule has 4 heteroatoms. The summed E-state index contributed by atoms with van der Waals surface area (Å²) in [4.78, 5) is 15.3. The maximum Gasteiger partial charge on any atom is 0.343 e. The molecule has 0 spiro atoms. The van der Waals surface area contributed by atoms with Gasteiger partial charge in [0.25, 0.3) is 0 Å². The van der Waals surface area contributed by atoms with Gasteiger partial charge in [-0.15, -0.1) is 0 Å². The van der Waals surface area contributed by atoms with Gasteiger partial charge in [0.15, 0.2) is 0 Å². The highest BCUT2D eigenvalue weighted by Gasteiger charge is 2.13. The Morgan fingerprint density at radius 3 is 2.94 bits per heavy atom. The zero-order chi connectivity index (χ0) is 12.0. The van der Waals surface area contributed by atoms with E-state index < -0.39 is 5.97 Å². The van der Waals surface area contributed by atoms with Gasteiger partial charge in [-0.05, 0) is 12.0 Å². The van der Waals surface area contributed by atoms with Gasteiger partial charge in [-0.25, -0.2) is 4.79 Å². The fourth-order valence-electron chi connectivity index (χ4n) is 1.12. The SMILES string of the molecule is CCC(C)COc1ccncc1C(=O)OC. The van der Waals surface area contributed by atoms with E-state index in [-0.39, 0.29) is 0 Å². The predicted molar refractivity (Wildman–Crippen MR) is 60.5 cm³/mol. The van der Waals surface area contributed by atoms with Crippen molar-refractivity contribution in [2.45, 2.75) is 20.3 Å². The molecule has 4 nitrogen and oxygen atoms in total. The lowest BCUT2D eigenvalue weighted by atomic mass is 10.1. The summed E-state index contributed by atoms with van der Waals surface area (Å²) in [5.74, 6) is 0.563. The lowest BCUT2D eigenvalue weighted by Crippen LogP contribution is -2.11. The highest BCUT2D eigenvalue weighted by molar-refractivity contribution is 5.91. The Morgan fingerprint density at radius 1 is 1.56 bits per heavy atom. The summed E-state index contributed by atoms with van der Waals surface area (Å²) in [6.07, 6.45) is 4.09. The number of aromatic nitrogens is 1. The van der Waals surface area contributed by atoms with Crippen molar-refractivity contribution in [1.82, 2.24) is 4.98 Å². The summed E-state index contributed by atoms with van der Waals surface area (Å²) < 4.78 is 10.2. The first kappa shape index (κ1) is 12.5. The van der Waals surface area contributed by atoms with Gasteiger partial charge in [-0.3, -0.25) is 4.98 Å². The third-order valence-electron chi connectivity index (χ3n) is 2.41. The molecule has 1 unspecified atom stereocenters. The number of hydrogen-bond donors (Lipinski definition) is 0. The van der Waals surface area contributed by atoms with Crippen molar-refractivity contribution >= 4 is 5.97 Å². The number of esters is 1. The number of rotatable bonds is 5. The first-order valence-corrected chi connectivity index (χ1v) is 5.34. The van der Waals surface area contributed by atoms with Crippen LogP contribution in [0.3, 0.4) is 0 Å². The second-order valence-electron chi connectivity index (χ2n) is 3.69. The molecule has 0 radical (unpaired) electrons. The molecule has 0 aliphatic heterocycles. The van der Waals surface area contributed by atoms with Gasteiger partial charge in [0.1, 0.15) is 11.3 Å². The van der Waals surface area contributed by atoms with Crippen molar-refractivity contribution in [3.8, 4) is 5.75 Å². The lowest BCUT2D eigenvalue weighted by Gasteiger charge is -2.12. The molecule has 0 N–H and O–H groups in total. The van der Waals surface area contributed by atoms with Crippen molar-refractivity contribution in [3.63, 3.8) is 0 Å². The summed E-state index contributed by atoms with van der Waals surface area (Å²) in [7, 11) is 1.34. The summed E-state index contributed by atoms with van der Waals surface area (Å²) in [5.41, 5.74) is 0.369. The van der Waals surface area contributed by atoms with E-state index in [0.717, 1.165) is 6.42 Å². The van der Waals surface area contributed by atoms with E-state index in [1.165, 1.54) is 13.3 Å². The van der Waals surface area contributed by atoms with E-state index in [0.29, 0.717) is 23.8 Å². The van der Waals surface area contributed by atoms with E-state index in [1.807, 2.05) is 0 Å². The summed E-state index contributed by atoms with van der Waals surface area (Å²) in [6.45, 7) is 4.78. The summed E-state index contributed by atoms with van der Waals surface area (Å²) in [5, 5.41) is 0. The molecular weight excluding hydrogens is 206 g/mol. The Hall–Kier alpha value is -1.58. The molecule has 1 heterocycles. The van der Waals surface area contributed by atoms with E-state index in [1.54, 1.807) is 12.3 Å². The number of carbonyl (C=O) groups excluding carboxylic acids is 1. The monoisotopic (exact) mass is 223 g/mol. The van der Waals surface area contributed by atoms with Crippen LogP contribution in [0.5, 0.6) is 5.75 Å². The quantitative estimate of drug-likeness (QED) is 0.718. The molecular formula is C12H17NO3. The molecule has 0 aromatic carbocycles. The van der Waals surface area contributed by atoms with Crippen LogP contribution in [-0.4, -0.2) is 24.7 Å². The van der Waals surface area contributed by atoms with Crippen molar-refractivity contribution in [2.75, 3.05) is 13.7 Å². The largest absolute Gasteiger partial charge is 0.492 e. The molecule has 1 rings (SSSR count). The van der Waals surface area contributed by atoms with Crippen LogP contribution in [-0.2, 0) is 4.74 Å². The van der Waals surface area contributed by atoms with Gasteiger partial charge < -0.3 is 9.47 Å². The first-order chi connectivity index (χ1) is 7.69. The average molecular weight is 223 g/mol. The zero-order valence-corrected chi connectivity index (χ0v) is 9.90. The molecule has 0 fully saturated rings. The third-order valence-corrected chi connectivity index (χ3v) is 2.41. The molecule has 0 aliphatic carbocycles. The van der Waals surface area contributed by atoms with Gasteiger partial charge in [-0.1, -0.05) is 20.3 Å². The lowest BCUT2D eigenvalue weighted by molar-refractivity contribution is 0.0594. The number of pyridine rings is 1. The third kappa shape index (κ3) is 3.22. The predicted octanol–water partition coefficient (Wildman–Crippen LogP) is 2.29.